The summed E-state index contributed by atoms with van der Waals surface area (Å²) in [4.78, 5) is 25.8. The number of anilines is 1. The molecule has 0 aliphatic carbocycles. The van der Waals surface area contributed by atoms with Crippen molar-refractivity contribution in [3.8, 4) is 5.75 Å². The van der Waals surface area contributed by atoms with E-state index in [1.807, 2.05) is 4.90 Å². The number of hydrogen-bond donors (Lipinski definition) is 1. The van der Waals surface area contributed by atoms with E-state index in [1.54, 1.807) is 24.5 Å². The van der Waals surface area contributed by atoms with E-state index in [-0.39, 0.29) is 17.6 Å². The van der Waals surface area contributed by atoms with Crippen LogP contribution in [0, 0.1) is 0 Å². The molecule has 2 aliphatic rings. The number of aromatic nitrogens is 2. The van der Waals surface area contributed by atoms with Gasteiger partial charge in [0, 0.05) is 43.7 Å². The van der Waals surface area contributed by atoms with Crippen LogP contribution >= 0.6 is 0 Å². The molecule has 0 unspecified atom stereocenters. The fourth-order valence-electron chi connectivity index (χ4n) is 3.77. The minimum atomic E-state index is -0.0435. The largest absolute Gasteiger partial charge is 0.508 e. The summed E-state index contributed by atoms with van der Waals surface area (Å²) in [5, 5.41) is 9.64. The quantitative estimate of drug-likeness (QED) is 0.893. The topological polar surface area (TPSA) is 78.8 Å². The van der Waals surface area contributed by atoms with Crippen LogP contribution in [-0.4, -0.2) is 65.3 Å². The Hall–Kier alpha value is -2.67. The molecule has 1 N–H and O–H groups in total. The molecule has 0 bridgehead atoms. The number of ether oxygens (including phenoxy) is 1. The first-order chi connectivity index (χ1) is 13.2. The van der Waals surface area contributed by atoms with Crippen molar-refractivity contribution in [1.82, 2.24) is 14.9 Å². The van der Waals surface area contributed by atoms with Gasteiger partial charge in [-0.3, -0.25) is 4.79 Å². The van der Waals surface area contributed by atoms with Gasteiger partial charge in [-0.15, -0.1) is 0 Å². The first kappa shape index (κ1) is 17.7. The molecule has 1 atom stereocenters. The maximum atomic E-state index is 12.8. The third kappa shape index (κ3) is 4.03. The average molecular weight is 368 g/mol. The van der Waals surface area contributed by atoms with Gasteiger partial charge in [0.25, 0.3) is 5.91 Å². The van der Waals surface area contributed by atoms with E-state index in [9.17, 15) is 9.90 Å². The summed E-state index contributed by atoms with van der Waals surface area (Å²) in [5.41, 5.74) is 1.51. The summed E-state index contributed by atoms with van der Waals surface area (Å²) in [6.07, 6.45) is 3.56. The van der Waals surface area contributed by atoms with Crippen molar-refractivity contribution in [1.29, 1.82) is 0 Å². The SMILES string of the molecule is O=C(c1cccc(O)c1)N1CCC[C@@H](c2cc(N3CCOCC3)ncn2)C1. The van der Waals surface area contributed by atoms with Crippen LogP contribution in [-0.2, 0) is 4.74 Å². The molecule has 2 aromatic rings. The van der Waals surface area contributed by atoms with Crippen LogP contribution in [0.2, 0.25) is 0 Å². The third-order valence-electron chi connectivity index (χ3n) is 5.23. The van der Waals surface area contributed by atoms with Crippen LogP contribution in [0.15, 0.2) is 36.7 Å². The van der Waals surface area contributed by atoms with Crippen molar-refractivity contribution in [2.24, 2.45) is 0 Å². The Bertz CT molecular complexity index is 807. The zero-order chi connectivity index (χ0) is 18.6. The average Bonchev–Trinajstić information content (AvgIpc) is 2.74. The Kier molecular flexibility index (Phi) is 5.20. The van der Waals surface area contributed by atoms with Gasteiger partial charge in [-0.05, 0) is 31.0 Å². The van der Waals surface area contributed by atoms with Gasteiger partial charge in [-0.2, -0.15) is 0 Å². The molecule has 2 fully saturated rings. The van der Waals surface area contributed by atoms with Gasteiger partial charge >= 0.3 is 0 Å². The van der Waals surface area contributed by atoms with Crippen molar-refractivity contribution in [3.63, 3.8) is 0 Å². The van der Waals surface area contributed by atoms with Gasteiger partial charge in [0.15, 0.2) is 0 Å². The molecule has 27 heavy (non-hydrogen) atoms. The predicted octanol–water partition coefficient (Wildman–Crippen LogP) is 2.04. The number of phenols is 1. The number of hydrogen-bond acceptors (Lipinski definition) is 6. The van der Waals surface area contributed by atoms with E-state index in [1.165, 1.54) is 6.07 Å². The minimum absolute atomic E-state index is 0.0435. The number of rotatable bonds is 3. The smallest absolute Gasteiger partial charge is 0.254 e. The Morgan fingerprint density at radius 2 is 2.00 bits per heavy atom. The third-order valence-corrected chi connectivity index (χ3v) is 5.23. The van der Waals surface area contributed by atoms with Crippen LogP contribution in [0.1, 0.15) is 34.8 Å². The van der Waals surface area contributed by atoms with Crippen LogP contribution in [0.25, 0.3) is 0 Å². The first-order valence-electron chi connectivity index (χ1n) is 9.43. The molecular weight excluding hydrogens is 344 g/mol. The number of nitrogens with zero attached hydrogens (tertiary/aromatic N) is 4. The Balaban J connectivity index is 1.49. The first-order valence-corrected chi connectivity index (χ1v) is 9.43. The molecule has 1 amide bonds. The molecule has 4 rings (SSSR count). The second-order valence-electron chi connectivity index (χ2n) is 7.04. The van der Waals surface area contributed by atoms with Gasteiger partial charge < -0.3 is 19.6 Å². The van der Waals surface area contributed by atoms with Gasteiger partial charge in [-0.1, -0.05) is 6.07 Å². The van der Waals surface area contributed by atoms with Crippen molar-refractivity contribution < 1.29 is 14.6 Å². The number of morpholine rings is 1. The number of benzene rings is 1. The van der Waals surface area contributed by atoms with Crippen molar-refractivity contribution in [2.45, 2.75) is 18.8 Å². The lowest BCUT2D eigenvalue weighted by Gasteiger charge is -2.33. The van der Waals surface area contributed by atoms with Gasteiger partial charge in [0.05, 0.1) is 18.9 Å². The summed E-state index contributed by atoms with van der Waals surface area (Å²) >= 11 is 0. The van der Waals surface area contributed by atoms with E-state index in [2.05, 4.69) is 20.9 Å². The highest BCUT2D eigenvalue weighted by Crippen LogP contribution is 2.28. The zero-order valence-corrected chi connectivity index (χ0v) is 15.3. The molecule has 142 valence electrons. The van der Waals surface area contributed by atoms with E-state index in [0.29, 0.717) is 12.1 Å². The van der Waals surface area contributed by atoms with Crippen LogP contribution < -0.4 is 4.90 Å². The number of carbonyl (C=O) groups excluding carboxylic acids is 1. The van der Waals surface area contributed by atoms with E-state index in [0.717, 1.165) is 57.2 Å². The van der Waals surface area contributed by atoms with E-state index >= 15 is 0 Å². The zero-order valence-electron chi connectivity index (χ0n) is 15.3. The highest BCUT2D eigenvalue weighted by Gasteiger charge is 2.27. The summed E-state index contributed by atoms with van der Waals surface area (Å²) in [7, 11) is 0. The standard InChI is InChI=1S/C20H24N4O3/c25-17-5-1-3-15(11-17)20(26)24-6-2-4-16(13-24)18-12-19(22-14-21-18)23-7-9-27-10-8-23/h1,3,5,11-12,14,16,25H,2,4,6-10,13H2/t16-/m1/s1. The Morgan fingerprint density at radius 1 is 1.15 bits per heavy atom. The molecule has 2 aliphatic heterocycles. The van der Waals surface area contributed by atoms with Crippen molar-refractivity contribution in [3.05, 3.63) is 47.9 Å². The monoisotopic (exact) mass is 368 g/mol. The molecule has 1 aromatic carbocycles. The number of piperidine rings is 1. The highest BCUT2D eigenvalue weighted by atomic mass is 16.5. The van der Waals surface area contributed by atoms with Crippen LogP contribution in [0.5, 0.6) is 5.75 Å². The summed E-state index contributed by atoms with van der Waals surface area (Å²) < 4.78 is 5.41. The second kappa shape index (κ2) is 7.92. The van der Waals surface area contributed by atoms with Crippen LogP contribution in [0.3, 0.4) is 0 Å². The molecule has 0 saturated carbocycles. The maximum Gasteiger partial charge on any atom is 0.254 e. The fourth-order valence-corrected chi connectivity index (χ4v) is 3.77. The second-order valence-corrected chi connectivity index (χ2v) is 7.04. The molecule has 0 radical (unpaired) electrons. The normalized spacial score (nSPS) is 20.5. The molecule has 1 aromatic heterocycles. The minimum Gasteiger partial charge on any atom is -0.508 e. The summed E-state index contributed by atoms with van der Waals surface area (Å²) in [5.74, 6) is 1.20. The summed E-state index contributed by atoms with van der Waals surface area (Å²) in [6.45, 7) is 4.47. The number of amides is 1. The van der Waals surface area contributed by atoms with Gasteiger partial charge in [-0.25, -0.2) is 9.97 Å². The molecule has 2 saturated heterocycles. The lowest BCUT2D eigenvalue weighted by atomic mass is 9.94. The van der Waals surface area contributed by atoms with E-state index < -0.39 is 0 Å². The fraction of sp³-hybridized carbons (Fsp3) is 0.450. The van der Waals surface area contributed by atoms with Crippen LogP contribution in [0.4, 0.5) is 5.82 Å². The summed E-state index contributed by atoms with van der Waals surface area (Å²) in [6, 6.07) is 8.59. The Morgan fingerprint density at radius 3 is 2.81 bits per heavy atom. The number of phenolic OH excluding ortho intramolecular Hbond substituents is 1. The molecule has 0 spiro atoms. The van der Waals surface area contributed by atoms with Crippen molar-refractivity contribution >= 4 is 11.7 Å². The number of aromatic hydroxyl groups is 1. The van der Waals surface area contributed by atoms with Gasteiger partial charge in [0.1, 0.15) is 17.9 Å². The lowest BCUT2D eigenvalue weighted by Crippen LogP contribution is -2.39. The number of carbonyl (C=O) groups is 1. The highest BCUT2D eigenvalue weighted by molar-refractivity contribution is 5.94. The van der Waals surface area contributed by atoms with Crippen molar-refractivity contribution in [2.75, 3.05) is 44.3 Å². The maximum absolute atomic E-state index is 12.8. The number of likely N-dealkylation sites (tertiary alicyclic amines) is 1. The molecule has 7 nitrogen and oxygen atoms in total. The predicted molar refractivity (Wildman–Crippen MR) is 101 cm³/mol. The molecule has 3 heterocycles. The molecule has 7 heteroatoms. The lowest BCUT2D eigenvalue weighted by molar-refractivity contribution is 0.0705. The van der Waals surface area contributed by atoms with E-state index in [4.69, 9.17) is 4.74 Å². The Labute approximate surface area is 158 Å². The molecular formula is C20H24N4O3. The van der Waals surface area contributed by atoms with Gasteiger partial charge in [0.2, 0.25) is 0 Å².